The number of aromatic nitrogens is 2. The Hall–Kier alpha value is -1.29. The van der Waals surface area contributed by atoms with Crippen molar-refractivity contribution in [2.24, 2.45) is 0 Å². The summed E-state index contributed by atoms with van der Waals surface area (Å²) < 4.78 is 2.80. The van der Waals surface area contributed by atoms with Gasteiger partial charge in [-0.1, -0.05) is 0 Å². The minimum Gasteiger partial charge on any atom is -0.383 e. The van der Waals surface area contributed by atoms with Crippen LogP contribution < -0.4 is 5.73 Å². The Bertz CT molecular complexity index is 409. The Morgan fingerprint density at radius 3 is 2.69 bits per heavy atom. The van der Waals surface area contributed by atoms with E-state index in [-0.39, 0.29) is 0 Å². The van der Waals surface area contributed by atoms with Crippen molar-refractivity contribution < 1.29 is 0 Å². The van der Waals surface area contributed by atoms with Crippen LogP contribution in [0, 0.1) is 0 Å². The van der Waals surface area contributed by atoms with Gasteiger partial charge in [-0.25, -0.2) is 4.98 Å². The van der Waals surface area contributed by atoms with E-state index in [0.29, 0.717) is 5.82 Å². The second kappa shape index (κ2) is 3.22. The predicted molar refractivity (Wildman–Crippen MR) is 55.7 cm³/mol. The van der Waals surface area contributed by atoms with E-state index in [4.69, 9.17) is 5.73 Å². The highest BCUT2D eigenvalue weighted by molar-refractivity contribution is 9.10. The zero-order valence-corrected chi connectivity index (χ0v) is 8.40. The first-order chi connectivity index (χ1) is 6.29. The monoisotopic (exact) mass is 237 g/mol. The van der Waals surface area contributed by atoms with Crippen LogP contribution in [0.2, 0.25) is 0 Å². The molecule has 0 aromatic carbocycles. The number of hydrogen-bond acceptors (Lipinski definition) is 2. The fourth-order valence-electron chi connectivity index (χ4n) is 1.14. The largest absolute Gasteiger partial charge is 0.383 e. The summed E-state index contributed by atoms with van der Waals surface area (Å²) >= 11 is 3.39. The van der Waals surface area contributed by atoms with E-state index in [1.807, 2.05) is 35.2 Å². The number of nitrogens with zero attached hydrogens (tertiary/aromatic N) is 2. The first-order valence-electron chi connectivity index (χ1n) is 3.82. The first-order valence-corrected chi connectivity index (χ1v) is 4.61. The number of halogens is 1. The number of hydrogen-bond donors (Lipinski definition) is 1. The lowest BCUT2D eigenvalue weighted by Crippen LogP contribution is -1.97. The molecule has 0 atom stereocenters. The van der Waals surface area contributed by atoms with Crippen molar-refractivity contribution in [2.75, 3.05) is 5.73 Å². The van der Waals surface area contributed by atoms with Crippen LogP contribution in [-0.2, 0) is 0 Å². The zero-order valence-electron chi connectivity index (χ0n) is 6.81. The summed E-state index contributed by atoms with van der Waals surface area (Å²) in [6.07, 6.45) is 5.61. The molecule has 0 bridgehead atoms. The molecule has 0 aliphatic rings. The molecular formula is C9H8BrN3. The summed E-state index contributed by atoms with van der Waals surface area (Å²) in [6, 6.07) is 5.83. The van der Waals surface area contributed by atoms with Gasteiger partial charge in [-0.05, 0) is 34.1 Å². The van der Waals surface area contributed by atoms with Crippen molar-refractivity contribution in [3.63, 3.8) is 0 Å². The van der Waals surface area contributed by atoms with Crippen molar-refractivity contribution in [3.05, 3.63) is 41.3 Å². The number of pyridine rings is 1. The molecule has 0 spiro atoms. The number of nitrogens with two attached hydrogens (primary N) is 1. The van der Waals surface area contributed by atoms with Gasteiger partial charge in [0.25, 0.3) is 0 Å². The third-order valence-corrected chi connectivity index (χ3v) is 2.59. The van der Waals surface area contributed by atoms with E-state index in [1.54, 1.807) is 6.20 Å². The standard InChI is InChI=1S/C9H8BrN3/c10-8-7(3-4-12-9(8)11)13-5-1-2-6-13/h1-6H,(H2,11,12). The highest BCUT2D eigenvalue weighted by Crippen LogP contribution is 2.24. The molecule has 4 heteroatoms. The average molecular weight is 238 g/mol. The molecule has 2 aromatic heterocycles. The van der Waals surface area contributed by atoms with Gasteiger partial charge in [0.1, 0.15) is 5.82 Å². The quantitative estimate of drug-likeness (QED) is 0.827. The number of anilines is 1. The van der Waals surface area contributed by atoms with E-state index in [1.165, 1.54) is 0 Å². The molecule has 0 fully saturated rings. The molecular weight excluding hydrogens is 230 g/mol. The van der Waals surface area contributed by atoms with Gasteiger partial charge in [0.15, 0.2) is 0 Å². The van der Waals surface area contributed by atoms with E-state index in [0.717, 1.165) is 10.2 Å². The maximum Gasteiger partial charge on any atom is 0.139 e. The molecule has 2 aromatic rings. The van der Waals surface area contributed by atoms with Gasteiger partial charge in [-0.15, -0.1) is 0 Å². The molecule has 0 amide bonds. The molecule has 0 aliphatic heterocycles. The van der Waals surface area contributed by atoms with E-state index < -0.39 is 0 Å². The van der Waals surface area contributed by atoms with Gasteiger partial charge in [0, 0.05) is 18.6 Å². The van der Waals surface area contributed by atoms with E-state index in [9.17, 15) is 0 Å². The number of rotatable bonds is 1. The summed E-state index contributed by atoms with van der Waals surface area (Å²) in [7, 11) is 0. The van der Waals surface area contributed by atoms with Gasteiger partial charge in [-0.3, -0.25) is 0 Å². The molecule has 0 saturated carbocycles. The van der Waals surface area contributed by atoms with Crippen LogP contribution in [0.25, 0.3) is 5.69 Å². The summed E-state index contributed by atoms with van der Waals surface area (Å²) in [5.74, 6) is 0.506. The lowest BCUT2D eigenvalue weighted by Gasteiger charge is -2.06. The normalized spacial score (nSPS) is 10.2. The molecule has 0 unspecified atom stereocenters. The van der Waals surface area contributed by atoms with Crippen molar-refractivity contribution in [1.29, 1.82) is 0 Å². The molecule has 66 valence electrons. The summed E-state index contributed by atoms with van der Waals surface area (Å²) in [5, 5.41) is 0. The van der Waals surface area contributed by atoms with Gasteiger partial charge < -0.3 is 10.3 Å². The van der Waals surface area contributed by atoms with Crippen LogP contribution in [0.5, 0.6) is 0 Å². The number of nitrogen functional groups attached to an aromatic ring is 1. The molecule has 2 rings (SSSR count). The third kappa shape index (κ3) is 1.45. The fraction of sp³-hybridized carbons (Fsp3) is 0. The molecule has 3 nitrogen and oxygen atoms in total. The van der Waals surface area contributed by atoms with Crippen LogP contribution in [0.4, 0.5) is 5.82 Å². The minimum absolute atomic E-state index is 0.506. The maximum absolute atomic E-state index is 5.66. The van der Waals surface area contributed by atoms with E-state index >= 15 is 0 Å². The van der Waals surface area contributed by atoms with Crippen molar-refractivity contribution >= 4 is 21.7 Å². The Morgan fingerprint density at radius 1 is 1.31 bits per heavy atom. The molecule has 2 N–H and O–H groups in total. The van der Waals surface area contributed by atoms with Crippen molar-refractivity contribution in [3.8, 4) is 5.69 Å². The average Bonchev–Trinajstić information content (AvgIpc) is 2.62. The molecule has 0 aliphatic carbocycles. The Kier molecular flexibility index (Phi) is 2.06. The fourth-order valence-corrected chi connectivity index (χ4v) is 1.58. The van der Waals surface area contributed by atoms with Gasteiger partial charge >= 0.3 is 0 Å². The van der Waals surface area contributed by atoms with Crippen molar-refractivity contribution in [2.45, 2.75) is 0 Å². The SMILES string of the molecule is Nc1nccc(-n2cccc2)c1Br. The summed E-state index contributed by atoms with van der Waals surface area (Å²) in [4.78, 5) is 3.97. The van der Waals surface area contributed by atoms with Crippen LogP contribution >= 0.6 is 15.9 Å². The van der Waals surface area contributed by atoms with Crippen LogP contribution in [-0.4, -0.2) is 9.55 Å². The first kappa shape index (κ1) is 8.31. The Labute approximate surface area is 84.3 Å². The Morgan fingerprint density at radius 2 is 2.00 bits per heavy atom. The van der Waals surface area contributed by atoms with Crippen LogP contribution in [0.1, 0.15) is 0 Å². The minimum atomic E-state index is 0.506. The lowest BCUT2D eigenvalue weighted by molar-refractivity contribution is 1.06. The molecule has 0 radical (unpaired) electrons. The zero-order chi connectivity index (χ0) is 9.26. The third-order valence-electron chi connectivity index (χ3n) is 1.78. The van der Waals surface area contributed by atoms with Crippen LogP contribution in [0.15, 0.2) is 41.3 Å². The molecule has 2 heterocycles. The summed E-state index contributed by atoms with van der Waals surface area (Å²) in [6.45, 7) is 0. The predicted octanol–water partition coefficient (Wildman–Crippen LogP) is 2.22. The van der Waals surface area contributed by atoms with Crippen LogP contribution in [0.3, 0.4) is 0 Å². The van der Waals surface area contributed by atoms with Crippen molar-refractivity contribution in [1.82, 2.24) is 9.55 Å². The van der Waals surface area contributed by atoms with E-state index in [2.05, 4.69) is 20.9 Å². The lowest BCUT2D eigenvalue weighted by atomic mass is 10.4. The second-order valence-electron chi connectivity index (χ2n) is 2.62. The molecule has 13 heavy (non-hydrogen) atoms. The highest BCUT2D eigenvalue weighted by Gasteiger charge is 2.04. The van der Waals surface area contributed by atoms with Gasteiger partial charge in [0.05, 0.1) is 10.2 Å². The molecule has 0 saturated heterocycles. The Balaban J connectivity index is 2.59. The highest BCUT2D eigenvalue weighted by atomic mass is 79.9. The smallest absolute Gasteiger partial charge is 0.139 e. The van der Waals surface area contributed by atoms with Gasteiger partial charge in [0.2, 0.25) is 0 Å². The second-order valence-corrected chi connectivity index (χ2v) is 3.41. The topological polar surface area (TPSA) is 43.8 Å². The van der Waals surface area contributed by atoms with Gasteiger partial charge in [-0.2, -0.15) is 0 Å². The maximum atomic E-state index is 5.66. The summed E-state index contributed by atoms with van der Waals surface area (Å²) in [5.41, 5.74) is 6.65.